The molecule has 0 spiro atoms. The lowest BCUT2D eigenvalue weighted by molar-refractivity contribution is 0.0646. The van der Waals surface area contributed by atoms with Crippen molar-refractivity contribution in [3.63, 3.8) is 0 Å². The second kappa shape index (κ2) is 12.1. The molecule has 0 saturated carbocycles. The van der Waals surface area contributed by atoms with E-state index in [1.165, 1.54) is 11.6 Å². The van der Waals surface area contributed by atoms with Crippen LogP contribution >= 0.6 is 0 Å². The lowest BCUT2D eigenvalue weighted by atomic mass is 10.1. The highest BCUT2D eigenvalue weighted by Crippen LogP contribution is 2.15. The van der Waals surface area contributed by atoms with Crippen LogP contribution in [0.15, 0.2) is 53.5 Å². The number of hydrogen-bond acceptors (Lipinski definition) is 3. The largest absolute Gasteiger partial charge is 0.380 e. The van der Waals surface area contributed by atoms with E-state index < -0.39 is 0 Å². The molecule has 0 heterocycles. The average molecular weight is 387 g/mol. The summed E-state index contributed by atoms with van der Waals surface area (Å²) in [7, 11) is 3.28. The maximum absolute atomic E-state index is 13.7. The molecule has 0 aliphatic carbocycles. The number of ether oxygens (including phenoxy) is 2. The molecule has 5 nitrogen and oxygen atoms in total. The van der Waals surface area contributed by atoms with Crippen LogP contribution in [-0.2, 0) is 22.6 Å². The van der Waals surface area contributed by atoms with E-state index in [1.807, 2.05) is 18.2 Å². The zero-order valence-electron chi connectivity index (χ0n) is 16.9. The van der Waals surface area contributed by atoms with Gasteiger partial charge in [0.15, 0.2) is 5.96 Å². The molecule has 2 aromatic carbocycles. The molecule has 2 aromatic rings. The van der Waals surface area contributed by atoms with Crippen molar-refractivity contribution in [2.75, 3.05) is 27.3 Å². The molecule has 6 heteroatoms. The van der Waals surface area contributed by atoms with Crippen molar-refractivity contribution in [1.82, 2.24) is 10.6 Å². The van der Waals surface area contributed by atoms with Crippen molar-refractivity contribution in [1.29, 1.82) is 0 Å². The van der Waals surface area contributed by atoms with Gasteiger partial charge in [0, 0.05) is 39.4 Å². The Balaban J connectivity index is 1.68. The fourth-order valence-corrected chi connectivity index (χ4v) is 2.77. The summed E-state index contributed by atoms with van der Waals surface area (Å²) >= 11 is 0. The Morgan fingerprint density at radius 3 is 2.64 bits per heavy atom. The van der Waals surface area contributed by atoms with E-state index in [1.54, 1.807) is 26.3 Å². The number of halogens is 1. The third kappa shape index (κ3) is 7.29. The second-order valence-electron chi connectivity index (χ2n) is 6.49. The summed E-state index contributed by atoms with van der Waals surface area (Å²) in [6.07, 6.45) is 0.949. The van der Waals surface area contributed by atoms with Crippen LogP contribution in [0, 0.1) is 5.82 Å². The zero-order chi connectivity index (χ0) is 20.2. The van der Waals surface area contributed by atoms with Crippen molar-refractivity contribution in [2.45, 2.75) is 32.6 Å². The smallest absolute Gasteiger partial charge is 0.191 e. The Hall–Kier alpha value is -2.44. The fourth-order valence-electron chi connectivity index (χ4n) is 2.77. The Bertz CT molecular complexity index is 738. The molecule has 0 fully saturated rings. The monoisotopic (exact) mass is 387 g/mol. The van der Waals surface area contributed by atoms with Gasteiger partial charge in [-0.25, -0.2) is 4.39 Å². The quantitative estimate of drug-likeness (QED) is 0.370. The number of nitrogens with zero attached hydrogens (tertiary/aromatic N) is 1. The van der Waals surface area contributed by atoms with E-state index in [9.17, 15) is 4.39 Å². The SMILES string of the molecule is CN=C(NCCCOC(C)c1ccccc1)NCc1ccc(F)c(COC)c1. The molecule has 1 unspecified atom stereocenters. The first-order valence-electron chi connectivity index (χ1n) is 9.51. The third-order valence-corrected chi connectivity index (χ3v) is 4.34. The van der Waals surface area contributed by atoms with Gasteiger partial charge in [0.05, 0.1) is 12.7 Å². The molecule has 0 bridgehead atoms. The van der Waals surface area contributed by atoms with Gasteiger partial charge in [-0.15, -0.1) is 0 Å². The third-order valence-electron chi connectivity index (χ3n) is 4.34. The molecule has 28 heavy (non-hydrogen) atoms. The molecule has 0 aliphatic rings. The van der Waals surface area contributed by atoms with Gasteiger partial charge in [0.2, 0.25) is 0 Å². The van der Waals surface area contributed by atoms with E-state index >= 15 is 0 Å². The number of hydrogen-bond donors (Lipinski definition) is 2. The molecule has 0 radical (unpaired) electrons. The topological polar surface area (TPSA) is 54.9 Å². The lowest BCUT2D eigenvalue weighted by Gasteiger charge is -2.15. The van der Waals surface area contributed by atoms with Crippen molar-refractivity contribution in [3.05, 3.63) is 71.0 Å². The normalized spacial score (nSPS) is 12.6. The predicted molar refractivity (Wildman–Crippen MR) is 111 cm³/mol. The van der Waals surface area contributed by atoms with Crippen LogP contribution in [-0.4, -0.2) is 33.3 Å². The number of aliphatic imine (C=N–C) groups is 1. The molecule has 1 atom stereocenters. The van der Waals surface area contributed by atoms with Crippen LogP contribution < -0.4 is 10.6 Å². The minimum atomic E-state index is -0.252. The lowest BCUT2D eigenvalue weighted by Crippen LogP contribution is -2.37. The minimum absolute atomic E-state index is 0.0819. The van der Waals surface area contributed by atoms with Crippen molar-refractivity contribution in [3.8, 4) is 0 Å². The van der Waals surface area contributed by atoms with Gasteiger partial charge in [-0.1, -0.05) is 36.4 Å². The Kier molecular flexibility index (Phi) is 9.45. The van der Waals surface area contributed by atoms with Crippen LogP contribution in [0.2, 0.25) is 0 Å². The number of guanidine groups is 1. The number of nitrogens with one attached hydrogen (secondary N) is 2. The van der Waals surface area contributed by atoms with Gasteiger partial charge >= 0.3 is 0 Å². The van der Waals surface area contributed by atoms with E-state index in [0.29, 0.717) is 24.7 Å². The Labute approximate surface area is 167 Å². The maximum Gasteiger partial charge on any atom is 0.191 e. The second-order valence-corrected chi connectivity index (χ2v) is 6.49. The van der Waals surface area contributed by atoms with E-state index in [-0.39, 0.29) is 18.5 Å². The Morgan fingerprint density at radius 1 is 1.14 bits per heavy atom. The highest BCUT2D eigenvalue weighted by atomic mass is 19.1. The van der Waals surface area contributed by atoms with E-state index in [4.69, 9.17) is 9.47 Å². The van der Waals surface area contributed by atoms with Gasteiger partial charge in [-0.2, -0.15) is 0 Å². The van der Waals surface area contributed by atoms with Gasteiger partial charge < -0.3 is 20.1 Å². The van der Waals surface area contributed by atoms with Crippen LogP contribution in [0.3, 0.4) is 0 Å². The summed E-state index contributed by atoms with van der Waals surface area (Å²) < 4.78 is 24.6. The van der Waals surface area contributed by atoms with Crippen LogP contribution in [0.25, 0.3) is 0 Å². The van der Waals surface area contributed by atoms with Crippen molar-refractivity contribution >= 4 is 5.96 Å². The van der Waals surface area contributed by atoms with E-state index in [2.05, 4.69) is 34.7 Å². The molecule has 0 aromatic heterocycles. The summed E-state index contributed by atoms with van der Waals surface area (Å²) in [6, 6.07) is 15.2. The Morgan fingerprint density at radius 2 is 1.93 bits per heavy atom. The number of methoxy groups -OCH3 is 1. The molecule has 0 amide bonds. The fraction of sp³-hybridized carbons (Fsp3) is 0.409. The minimum Gasteiger partial charge on any atom is -0.380 e. The first-order chi connectivity index (χ1) is 13.6. The first-order valence-corrected chi connectivity index (χ1v) is 9.51. The molecule has 2 N–H and O–H groups in total. The number of benzene rings is 2. The molecular formula is C22H30FN3O2. The highest BCUT2D eigenvalue weighted by molar-refractivity contribution is 5.79. The number of rotatable bonds is 10. The van der Waals surface area contributed by atoms with E-state index in [0.717, 1.165) is 18.5 Å². The van der Waals surface area contributed by atoms with Crippen molar-refractivity contribution < 1.29 is 13.9 Å². The first kappa shape index (κ1) is 21.9. The predicted octanol–water partition coefficient (Wildman–Crippen LogP) is 3.81. The summed E-state index contributed by atoms with van der Waals surface area (Å²) in [4.78, 5) is 4.21. The molecule has 152 valence electrons. The van der Waals surface area contributed by atoms with Gasteiger partial charge in [0.25, 0.3) is 0 Å². The highest BCUT2D eigenvalue weighted by Gasteiger charge is 2.06. The van der Waals surface area contributed by atoms with Crippen molar-refractivity contribution in [2.24, 2.45) is 4.99 Å². The van der Waals surface area contributed by atoms with Crippen LogP contribution in [0.5, 0.6) is 0 Å². The summed E-state index contributed by atoms with van der Waals surface area (Å²) in [6.45, 7) is 4.29. The van der Waals surface area contributed by atoms with Crippen LogP contribution in [0.1, 0.15) is 36.1 Å². The van der Waals surface area contributed by atoms with Gasteiger partial charge in [-0.3, -0.25) is 4.99 Å². The summed E-state index contributed by atoms with van der Waals surface area (Å²) in [5.41, 5.74) is 2.70. The molecule has 0 saturated heterocycles. The average Bonchev–Trinajstić information content (AvgIpc) is 2.72. The molecule has 0 aliphatic heterocycles. The maximum atomic E-state index is 13.7. The molecule has 2 rings (SSSR count). The zero-order valence-corrected chi connectivity index (χ0v) is 16.9. The van der Waals surface area contributed by atoms with Gasteiger partial charge in [0.1, 0.15) is 5.82 Å². The molecular weight excluding hydrogens is 357 g/mol. The van der Waals surface area contributed by atoms with Gasteiger partial charge in [-0.05, 0) is 36.6 Å². The standard InChI is InChI=1S/C22H30FN3O2/c1-17(19-8-5-4-6-9-19)28-13-7-12-25-22(24-2)26-15-18-10-11-21(23)20(14-18)16-27-3/h4-6,8-11,14,17H,7,12-13,15-16H2,1-3H3,(H2,24,25,26). The van der Waals surface area contributed by atoms with Crippen LogP contribution in [0.4, 0.5) is 4.39 Å². The summed E-state index contributed by atoms with van der Waals surface area (Å²) in [5, 5.41) is 6.50. The summed E-state index contributed by atoms with van der Waals surface area (Å²) in [5.74, 6) is 0.451.